The number of hydrogen-bond acceptors (Lipinski definition) is 2. The Morgan fingerprint density at radius 3 is 2.63 bits per heavy atom. The molecule has 0 radical (unpaired) electrons. The van der Waals surface area contributed by atoms with Gasteiger partial charge >= 0.3 is 0 Å². The first kappa shape index (κ1) is 13.6. The van der Waals surface area contributed by atoms with Gasteiger partial charge in [0, 0.05) is 30.1 Å². The molecule has 0 aliphatic heterocycles. The minimum absolute atomic E-state index is 0.338. The van der Waals surface area contributed by atoms with Gasteiger partial charge in [0.05, 0.1) is 6.61 Å². The summed E-state index contributed by atoms with van der Waals surface area (Å²) in [7, 11) is 1.76. The minimum Gasteiger partial charge on any atom is -0.383 e. The maximum atomic E-state index is 5.12. The molecule has 3 rings (SSSR count). The lowest BCUT2D eigenvalue weighted by Gasteiger charge is -2.50. The van der Waals surface area contributed by atoms with Gasteiger partial charge in [0.15, 0.2) is 0 Å². The van der Waals surface area contributed by atoms with Crippen molar-refractivity contribution in [3.8, 4) is 0 Å². The molecule has 1 N–H and O–H groups in total. The summed E-state index contributed by atoms with van der Waals surface area (Å²) in [5.74, 6) is 0. The molecule has 0 unspecified atom stereocenters. The van der Waals surface area contributed by atoms with Crippen LogP contribution in [0.5, 0.6) is 0 Å². The van der Waals surface area contributed by atoms with Crippen molar-refractivity contribution in [3.63, 3.8) is 0 Å². The standard InChI is InChI=1S/C16H22BrNO/c1-19-9-8-18-12-16(10-15(11-16)6-7-15)13-4-2-3-5-14(13)17/h2-5,18H,6-12H2,1H3. The molecule has 104 valence electrons. The number of methoxy groups -OCH3 is 1. The van der Waals surface area contributed by atoms with Gasteiger partial charge in [-0.3, -0.25) is 0 Å². The summed E-state index contributed by atoms with van der Waals surface area (Å²) >= 11 is 3.73. The molecular weight excluding hydrogens is 302 g/mol. The first-order valence-electron chi connectivity index (χ1n) is 7.15. The van der Waals surface area contributed by atoms with Crippen molar-refractivity contribution in [2.45, 2.75) is 31.1 Å². The Bertz CT molecular complexity index is 448. The molecule has 3 heteroatoms. The van der Waals surface area contributed by atoms with Crippen LogP contribution in [0.2, 0.25) is 0 Å². The van der Waals surface area contributed by atoms with Crippen LogP contribution in [0.3, 0.4) is 0 Å². The zero-order valence-electron chi connectivity index (χ0n) is 11.5. The summed E-state index contributed by atoms with van der Waals surface area (Å²) in [6.45, 7) is 2.80. The molecule has 1 spiro atoms. The third kappa shape index (κ3) is 2.61. The Balaban J connectivity index is 1.72. The van der Waals surface area contributed by atoms with E-state index in [1.54, 1.807) is 7.11 Å². The molecule has 2 aliphatic carbocycles. The first-order valence-corrected chi connectivity index (χ1v) is 7.94. The smallest absolute Gasteiger partial charge is 0.0587 e. The second-order valence-electron chi connectivity index (χ2n) is 6.28. The fraction of sp³-hybridized carbons (Fsp3) is 0.625. The topological polar surface area (TPSA) is 21.3 Å². The summed E-state index contributed by atoms with van der Waals surface area (Å²) < 4.78 is 6.38. The number of ether oxygens (including phenoxy) is 1. The van der Waals surface area contributed by atoms with Crippen molar-refractivity contribution < 1.29 is 4.74 Å². The van der Waals surface area contributed by atoms with E-state index in [2.05, 4.69) is 45.5 Å². The molecule has 1 aromatic carbocycles. The van der Waals surface area contributed by atoms with Crippen LogP contribution in [0, 0.1) is 5.41 Å². The van der Waals surface area contributed by atoms with Crippen molar-refractivity contribution >= 4 is 15.9 Å². The molecule has 2 nitrogen and oxygen atoms in total. The van der Waals surface area contributed by atoms with Gasteiger partial charge in [0.25, 0.3) is 0 Å². The third-order valence-corrected chi connectivity index (χ3v) is 5.47. The SMILES string of the molecule is COCCNCC1(c2ccccc2Br)CC2(CC2)C1. The average Bonchev–Trinajstić information content (AvgIpc) is 3.14. The van der Waals surface area contributed by atoms with Crippen LogP contribution in [0.1, 0.15) is 31.2 Å². The zero-order valence-corrected chi connectivity index (χ0v) is 13.1. The molecular formula is C16H22BrNO. The summed E-state index contributed by atoms with van der Waals surface area (Å²) in [6.07, 6.45) is 5.58. The predicted molar refractivity (Wildman–Crippen MR) is 81.5 cm³/mol. The van der Waals surface area contributed by atoms with Crippen molar-refractivity contribution in [1.29, 1.82) is 0 Å². The van der Waals surface area contributed by atoms with Crippen LogP contribution >= 0.6 is 15.9 Å². The van der Waals surface area contributed by atoms with Crippen LogP contribution in [-0.2, 0) is 10.2 Å². The van der Waals surface area contributed by atoms with Crippen molar-refractivity contribution in [3.05, 3.63) is 34.3 Å². The summed E-state index contributed by atoms with van der Waals surface area (Å²) in [5.41, 5.74) is 2.53. The predicted octanol–water partition coefficient (Wildman–Crippen LogP) is 3.50. The normalized spacial score (nSPS) is 22.2. The minimum atomic E-state index is 0.338. The lowest BCUT2D eigenvalue weighted by atomic mass is 9.56. The largest absolute Gasteiger partial charge is 0.383 e. The van der Waals surface area contributed by atoms with E-state index in [-0.39, 0.29) is 0 Å². The van der Waals surface area contributed by atoms with E-state index in [4.69, 9.17) is 4.74 Å². The van der Waals surface area contributed by atoms with Crippen LogP contribution in [0.25, 0.3) is 0 Å². The van der Waals surface area contributed by atoms with E-state index in [0.29, 0.717) is 10.8 Å². The van der Waals surface area contributed by atoms with Crippen molar-refractivity contribution in [2.24, 2.45) is 5.41 Å². The highest BCUT2D eigenvalue weighted by atomic mass is 79.9. The van der Waals surface area contributed by atoms with Crippen molar-refractivity contribution in [2.75, 3.05) is 26.8 Å². The number of benzene rings is 1. The van der Waals surface area contributed by atoms with Gasteiger partial charge in [0.1, 0.15) is 0 Å². The molecule has 0 amide bonds. The highest BCUT2D eigenvalue weighted by Crippen LogP contribution is 2.69. The molecule has 0 bridgehead atoms. The fourth-order valence-corrected chi connectivity index (χ4v) is 4.42. The first-order chi connectivity index (χ1) is 9.20. The van der Waals surface area contributed by atoms with Gasteiger partial charge < -0.3 is 10.1 Å². The van der Waals surface area contributed by atoms with E-state index in [1.807, 2.05) is 0 Å². The van der Waals surface area contributed by atoms with E-state index < -0.39 is 0 Å². The molecule has 2 aliphatic rings. The van der Waals surface area contributed by atoms with Gasteiger partial charge in [-0.25, -0.2) is 0 Å². The van der Waals surface area contributed by atoms with E-state index >= 15 is 0 Å². The van der Waals surface area contributed by atoms with Crippen LogP contribution in [0.15, 0.2) is 28.7 Å². The van der Waals surface area contributed by atoms with Crippen LogP contribution < -0.4 is 5.32 Å². The zero-order chi connectivity index (χ0) is 13.3. The van der Waals surface area contributed by atoms with Gasteiger partial charge in [-0.1, -0.05) is 34.1 Å². The highest BCUT2D eigenvalue weighted by molar-refractivity contribution is 9.10. The maximum absolute atomic E-state index is 5.12. The third-order valence-electron chi connectivity index (χ3n) is 4.78. The molecule has 2 fully saturated rings. The quantitative estimate of drug-likeness (QED) is 0.809. The number of nitrogens with one attached hydrogen (secondary N) is 1. The van der Waals surface area contributed by atoms with Crippen LogP contribution in [0.4, 0.5) is 0 Å². The van der Waals surface area contributed by atoms with Gasteiger partial charge in [0.2, 0.25) is 0 Å². The van der Waals surface area contributed by atoms with E-state index in [0.717, 1.165) is 19.7 Å². The Labute approximate surface area is 124 Å². The second-order valence-corrected chi connectivity index (χ2v) is 7.14. The lowest BCUT2D eigenvalue weighted by Crippen LogP contribution is -2.50. The number of hydrogen-bond donors (Lipinski definition) is 1. The van der Waals surface area contributed by atoms with E-state index in [1.165, 1.54) is 35.7 Å². The molecule has 0 atom stereocenters. The van der Waals surface area contributed by atoms with Crippen LogP contribution in [-0.4, -0.2) is 26.8 Å². The second kappa shape index (κ2) is 5.19. The van der Waals surface area contributed by atoms with Gasteiger partial charge in [-0.2, -0.15) is 0 Å². The highest BCUT2D eigenvalue weighted by Gasteiger charge is 2.61. The van der Waals surface area contributed by atoms with Gasteiger partial charge in [-0.15, -0.1) is 0 Å². The number of rotatable bonds is 6. The molecule has 0 aromatic heterocycles. The van der Waals surface area contributed by atoms with E-state index in [9.17, 15) is 0 Å². The molecule has 0 saturated heterocycles. The maximum Gasteiger partial charge on any atom is 0.0587 e. The fourth-order valence-electron chi connectivity index (χ4n) is 3.72. The Morgan fingerprint density at radius 1 is 1.26 bits per heavy atom. The van der Waals surface area contributed by atoms with Gasteiger partial charge in [-0.05, 0) is 42.7 Å². The Morgan fingerprint density at radius 2 is 2.00 bits per heavy atom. The Hall–Kier alpha value is -0.380. The molecule has 0 heterocycles. The Kier molecular flexibility index (Phi) is 3.71. The number of halogens is 1. The summed E-state index contributed by atoms with van der Waals surface area (Å²) in [6, 6.07) is 8.72. The molecule has 19 heavy (non-hydrogen) atoms. The average molecular weight is 324 g/mol. The summed E-state index contributed by atoms with van der Waals surface area (Å²) in [5, 5.41) is 3.57. The monoisotopic (exact) mass is 323 g/mol. The summed E-state index contributed by atoms with van der Waals surface area (Å²) in [4.78, 5) is 0. The molecule has 1 aromatic rings. The van der Waals surface area contributed by atoms with Crippen molar-refractivity contribution in [1.82, 2.24) is 5.32 Å². The lowest BCUT2D eigenvalue weighted by molar-refractivity contribution is 0.111. The molecule has 2 saturated carbocycles.